The molecule has 3 unspecified atom stereocenters. The molecule has 2 aliphatic rings. The van der Waals surface area contributed by atoms with E-state index in [9.17, 15) is 18.3 Å². The highest BCUT2D eigenvalue weighted by atomic mass is 19.4. The number of alkyl halides is 3. The fourth-order valence-electron chi connectivity index (χ4n) is 3.50. The first-order valence-corrected chi connectivity index (χ1v) is 7.46. The molecule has 1 N–H and O–H groups in total. The van der Waals surface area contributed by atoms with Crippen LogP contribution in [0.25, 0.3) is 0 Å². The molecule has 0 radical (unpaired) electrons. The Hall–Kier alpha value is -1.07. The number of halogens is 3. The summed E-state index contributed by atoms with van der Waals surface area (Å²) in [6.45, 7) is 1.10. The minimum Gasteiger partial charge on any atom is -0.387 e. The second-order valence-corrected chi connectivity index (χ2v) is 6.30. The number of aliphatic hydroxyl groups excluding tert-OH is 1. The zero-order valence-electron chi connectivity index (χ0n) is 12.0. The molecule has 2 nitrogen and oxygen atoms in total. The molecule has 21 heavy (non-hydrogen) atoms. The lowest BCUT2D eigenvalue weighted by Crippen LogP contribution is -2.48. The highest BCUT2D eigenvalue weighted by Gasteiger charge is 2.45. The summed E-state index contributed by atoms with van der Waals surface area (Å²) in [6, 6.07) is 7.08. The maximum atomic E-state index is 12.8. The first-order valence-electron chi connectivity index (χ1n) is 7.46. The highest BCUT2D eigenvalue weighted by molar-refractivity contribution is 5.35. The van der Waals surface area contributed by atoms with Crippen molar-refractivity contribution in [1.82, 2.24) is 4.90 Å². The van der Waals surface area contributed by atoms with Gasteiger partial charge in [-0.25, -0.2) is 0 Å². The molecule has 1 aromatic carbocycles. The van der Waals surface area contributed by atoms with Crippen molar-refractivity contribution in [3.63, 3.8) is 0 Å². The van der Waals surface area contributed by atoms with Crippen molar-refractivity contribution in [3.8, 4) is 0 Å². The molecule has 1 fully saturated rings. The Balaban J connectivity index is 1.88. The third kappa shape index (κ3) is 3.09. The fraction of sp³-hybridized carbons (Fsp3) is 0.625. The van der Waals surface area contributed by atoms with Gasteiger partial charge in [-0.1, -0.05) is 31.2 Å². The quantitative estimate of drug-likeness (QED) is 0.921. The average Bonchev–Trinajstić information content (AvgIpc) is 3.24. The summed E-state index contributed by atoms with van der Waals surface area (Å²) in [5, 5.41) is 10.6. The smallest absolute Gasteiger partial charge is 0.387 e. The lowest BCUT2D eigenvalue weighted by atomic mass is 9.78. The van der Waals surface area contributed by atoms with Crippen LogP contribution in [0.2, 0.25) is 0 Å². The molecule has 3 atom stereocenters. The Morgan fingerprint density at radius 3 is 2.38 bits per heavy atom. The van der Waals surface area contributed by atoms with Gasteiger partial charge < -0.3 is 5.11 Å². The number of nitrogens with zero attached hydrogens (tertiary/aromatic N) is 1. The van der Waals surface area contributed by atoms with Gasteiger partial charge in [-0.05, 0) is 36.3 Å². The summed E-state index contributed by atoms with van der Waals surface area (Å²) in [6.07, 6.45) is -2.88. The molecule has 3 rings (SSSR count). The molecule has 0 heterocycles. The molecule has 5 heteroatoms. The second-order valence-electron chi connectivity index (χ2n) is 6.30. The molecule has 116 valence electrons. The minimum absolute atomic E-state index is 0.0243. The van der Waals surface area contributed by atoms with Crippen LogP contribution in [-0.4, -0.2) is 34.8 Å². The summed E-state index contributed by atoms with van der Waals surface area (Å²) < 4.78 is 38.5. The van der Waals surface area contributed by atoms with E-state index in [-0.39, 0.29) is 12.0 Å². The molecule has 0 aliphatic heterocycles. The van der Waals surface area contributed by atoms with Crippen molar-refractivity contribution in [2.24, 2.45) is 0 Å². The SMILES string of the molecule is CC1CC(N(CC(F)(F)F)C2CC2)C(O)c2ccccc21. The van der Waals surface area contributed by atoms with Crippen LogP contribution in [0.1, 0.15) is 49.3 Å². The standard InChI is InChI=1S/C16H20F3NO/c1-10-8-14(15(21)13-5-3-2-4-12(10)13)20(11-6-7-11)9-16(17,18)19/h2-5,10-11,14-15,21H,6-9H2,1H3. The molecule has 0 amide bonds. The molecule has 0 spiro atoms. The van der Waals surface area contributed by atoms with E-state index < -0.39 is 24.9 Å². The monoisotopic (exact) mass is 299 g/mol. The first kappa shape index (κ1) is 14.9. The van der Waals surface area contributed by atoms with Gasteiger partial charge in [0.1, 0.15) is 0 Å². The largest absolute Gasteiger partial charge is 0.401 e. The van der Waals surface area contributed by atoms with Crippen molar-refractivity contribution in [2.45, 2.75) is 56.5 Å². The zero-order valence-corrected chi connectivity index (χ0v) is 12.0. The van der Waals surface area contributed by atoms with Gasteiger partial charge in [0.25, 0.3) is 0 Å². The summed E-state index contributed by atoms with van der Waals surface area (Å²) >= 11 is 0. The van der Waals surface area contributed by atoms with Crippen LogP contribution in [0, 0.1) is 0 Å². The number of hydrogen-bond donors (Lipinski definition) is 1. The molecule has 1 aromatic rings. The fourth-order valence-corrected chi connectivity index (χ4v) is 3.50. The number of hydrogen-bond acceptors (Lipinski definition) is 2. The summed E-state index contributed by atoms with van der Waals surface area (Å²) in [7, 11) is 0. The van der Waals surface area contributed by atoms with E-state index >= 15 is 0 Å². The number of aliphatic hydroxyl groups is 1. The highest BCUT2D eigenvalue weighted by Crippen LogP contribution is 2.43. The molecule has 0 saturated heterocycles. The van der Waals surface area contributed by atoms with Gasteiger partial charge in [0.2, 0.25) is 0 Å². The van der Waals surface area contributed by atoms with Crippen LogP contribution >= 0.6 is 0 Å². The molecular formula is C16H20F3NO. The van der Waals surface area contributed by atoms with Crippen molar-refractivity contribution in [1.29, 1.82) is 0 Å². The Morgan fingerprint density at radius 1 is 1.19 bits per heavy atom. The zero-order chi connectivity index (χ0) is 15.2. The van der Waals surface area contributed by atoms with E-state index in [4.69, 9.17) is 0 Å². The molecule has 1 saturated carbocycles. The third-order valence-corrected chi connectivity index (χ3v) is 4.61. The van der Waals surface area contributed by atoms with Gasteiger partial charge in [0, 0.05) is 12.1 Å². The van der Waals surface area contributed by atoms with Gasteiger partial charge in [-0.2, -0.15) is 13.2 Å². The Labute approximate surface area is 122 Å². The maximum Gasteiger partial charge on any atom is 0.401 e. The minimum atomic E-state index is -4.22. The first-order chi connectivity index (χ1) is 9.87. The van der Waals surface area contributed by atoms with E-state index in [1.807, 2.05) is 31.2 Å². The summed E-state index contributed by atoms with van der Waals surface area (Å²) in [5.74, 6) is 0.170. The van der Waals surface area contributed by atoms with Gasteiger partial charge in [0.15, 0.2) is 0 Å². The van der Waals surface area contributed by atoms with E-state index in [1.54, 1.807) is 0 Å². The summed E-state index contributed by atoms with van der Waals surface area (Å²) in [4.78, 5) is 1.48. The Kier molecular flexibility index (Phi) is 3.74. The van der Waals surface area contributed by atoms with Crippen LogP contribution in [0.3, 0.4) is 0 Å². The lowest BCUT2D eigenvalue weighted by molar-refractivity contribution is -0.159. The molecule has 0 aromatic heterocycles. The predicted octanol–water partition coefficient (Wildman–Crippen LogP) is 3.62. The normalized spacial score (nSPS) is 29.5. The predicted molar refractivity (Wildman–Crippen MR) is 74.0 cm³/mol. The molecule has 0 bridgehead atoms. The van der Waals surface area contributed by atoms with Crippen molar-refractivity contribution >= 4 is 0 Å². The number of benzene rings is 1. The van der Waals surface area contributed by atoms with Crippen molar-refractivity contribution < 1.29 is 18.3 Å². The van der Waals surface area contributed by atoms with E-state index in [0.717, 1.165) is 24.0 Å². The van der Waals surface area contributed by atoms with E-state index in [0.29, 0.717) is 6.42 Å². The van der Waals surface area contributed by atoms with Gasteiger partial charge >= 0.3 is 6.18 Å². The Morgan fingerprint density at radius 2 is 1.81 bits per heavy atom. The summed E-state index contributed by atoms with van der Waals surface area (Å²) in [5.41, 5.74) is 1.85. The van der Waals surface area contributed by atoms with Crippen LogP contribution < -0.4 is 0 Å². The van der Waals surface area contributed by atoms with Crippen LogP contribution in [0.4, 0.5) is 13.2 Å². The number of rotatable bonds is 3. The van der Waals surface area contributed by atoms with Crippen LogP contribution in [0.15, 0.2) is 24.3 Å². The van der Waals surface area contributed by atoms with E-state index in [1.165, 1.54) is 4.90 Å². The van der Waals surface area contributed by atoms with Crippen molar-refractivity contribution in [3.05, 3.63) is 35.4 Å². The average molecular weight is 299 g/mol. The van der Waals surface area contributed by atoms with Crippen molar-refractivity contribution in [2.75, 3.05) is 6.54 Å². The van der Waals surface area contributed by atoms with Gasteiger partial charge in [0.05, 0.1) is 12.6 Å². The molecular weight excluding hydrogens is 279 g/mol. The van der Waals surface area contributed by atoms with Crippen LogP contribution in [0.5, 0.6) is 0 Å². The van der Waals surface area contributed by atoms with Crippen LogP contribution in [-0.2, 0) is 0 Å². The topological polar surface area (TPSA) is 23.5 Å². The van der Waals surface area contributed by atoms with Gasteiger partial charge in [-0.15, -0.1) is 0 Å². The van der Waals surface area contributed by atoms with Gasteiger partial charge in [-0.3, -0.25) is 4.90 Å². The van der Waals surface area contributed by atoms with E-state index in [2.05, 4.69) is 0 Å². The maximum absolute atomic E-state index is 12.8. The molecule has 2 aliphatic carbocycles. The lowest BCUT2D eigenvalue weighted by Gasteiger charge is -2.41. The number of fused-ring (bicyclic) bond motifs is 1. The third-order valence-electron chi connectivity index (χ3n) is 4.61. The second kappa shape index (κ2) is 5.29. The Bertz CT molecular complexity index is 512.